The van der Waals surface area contributed by atoms with Gasteiger partial charge in [0.2, 0.25) is 5.91 Å². The maximum Gasteiger partial charge on any atom is 0.303 e. The van der Waals surface area contributed by atoms with E-state index in [-0.39, 0.29) is 23.8 Å². The number of hydrogen-bond donors (Lipinski definition) is 1. The average Bonchev–Trinajstić information content (AvgIpc) is 2.27. The fraction of sp³-hybridized carbons (Fsp3) is 0.857. The van der Waals surface area contributed by atoms with Crippen LogP contribution in [0.25, 0.3) is 0 Å². The highest BCUT2D eigenvalue weighted by atomic mass is 16.4. The Morgan fingerprint density at radius 2 is 1.72 bits per heavy atom. The smallest absolute Gasteiger partial charge is 0.303 e. The Balaban J connectivity index is 2.72. The van der Waals surface area contributed by atoms with E-state index in [2.05, 4.69) is 0 Å². The fourth-order valence-corrected chi connectivity index (χ4v) is 2.77. The molecule has 0 heterocycles. The van der Waals surface area contributed by atoms with Crippen molar-refractivity contribution in [1.82, 2.24) is 4.90 Å². The third kappa shape index (κ3) is 4.00. The van der Waals surface area contributed by atoms with Crippen molar-refractivity contribution in [2.45, 2.75) is 64.8 Å². The minimum absolute atomic E-state index is 0.0770. The second-order valence-electron chi connectivity index (χ2n) is 5.91. The lowest BCUT2D eigenvalue weighted by molar-refractivity contribution is -0.142. The summed E-state index contributed by atoms with van der Waals surface area (Å²) in [4.78, 5) is 24.9. The molecule has 1 aliphatic carbocycles. The first kappa shape index (κ1) is 15.0. The van der Waals surface area contributed by atoms with Crippen LogP contribution in [0.1, 0.15) is 58.8 Å². The SMILES string of the molecule is CC(C)N(C)C(=O)CC1(CC(=O)O)CCCCC1. The van der Waals surface area contributed by atoms with Crippen molar-refractivity contribution >= 4 is 11.9 Å². The summed E-state index contributed by atoms with van der Waals surface area (Å²) in [6.07, 6.45) is 5.51. The quantitative estimate of drug-likeness (QED) is 0.821. The standard InChI is InChI=1S/C14H25NO3/c1-11(2)15(3)12(16)9-14(10-13(17)18)7-5-4-6-8-14/h11H,4-10H2,1-3H3,(H,17,18). The Morgan fingerprint density at radius 1 is 1.17 bits per heavy atom. The van der Waals surface area contributed by atoms with Crippen LogP contribution in [0.15, 0.2) is 0 Å². The van der Waals surface area contributed by atoms with E-state index in [1.54, 1.807) is 11.9 Å². The van der Waals surface area contributed by atoms with E-state index >= 15 is 0 Å². The number of rotatable bonds is 5. The highest BCUT2D eigenvalue weighted by molar-refractivity contribution is 5.78. The molecule has 0 bridgehead atoms. The van der Waals surface area contributed by atoms with Gasteiger partial charge in [0.05, 0.1) is 6.42 Å². The highest BCUT2D eigenvalue weighted by Gasteiger charge is 2.37. The van der Waals surface area contributed by atoms with Crippen LogP contribution in [0.4, 0.5) is 0 Å². The third-order valence-electron chi connectivity index (χ3n) is 4.13. The van der Waals surface area contributed by atoms with Gasteiger partial charge in [-0.3, -0.25) is 9.59 Å². The van der Waals surface area contributed by atoms with Crippen LogP contribution in [0.5, 0.6) is 0 Å². The summed E-state index contributed by atoms with van der Waals surface area (Å²) in [5.74, 6) is -0.704. The molecule has 4 nitrogen and oxygen atoms in total. The van der Waals surface area contributed by atoms with Crippen LogP contribution in [0.3, 0.4) is 0 Å². The molecule has 0 aromatic carbocycles. The Labute approximate surface area is 109 Å². The van der Waals surface area contributed by atoms with Gasteiger partial charge < -0.3 is 10.0 Å². The van der Waals surface area contributed by atoms with Crippen molar-refractivity contribution in [3.63, 3.8) is 0 Å². The van der Waals surface area contributed by atoms with Gasteiger partial charge in [-0.1, -0.05) is 19.3 Å². The van der Waals surface area contributed by atoms with Gasteiger partial charge >= 0.3 is 5.97 Å². The third-order valence-corrected chi connectivity index (χ3v) is 4.13. The molecule has 1 fully saturated rings. The van der Waals surface area contributed by atoms with Crippen molar-refractivity contribution in [2.75, 3.05) is 7.05 Å². The molecule has 0 spiro atoms. The first-order chi connectivity index (χ1) is 8.36. The zero-order chi connectivity index (χ0) is 13.8. The first-order valence-corrected chi connectivity index (χ1v) is 6.84. The molecule has 18 heavy (non-hydrogen) atoms. The van der Waals surface area contributed by atoms with Gasteiger partial charge in [-0.05, 0) is 32.1 Å². The lowest BCUT2D eigenvalue weighted by atomic mass is 9.69. The van der Waals surface area contributed by atoms with E-state index in [0.29, 0.717) is 6.42 Å². The Hall–Kier alpha value is -1.06. The second-order valence-corrected chi connectivity index (χ2v) is 5.91. The monoisotopic (exact) mass is 255 g/mol. The van der Waals surface area contributed by atoms with E-state index < -0.39 is 5.97 Å². The van der Waals surface area contributed by atoms with Crippen molar-refractivity contribution in [3.8, 4) is 0 Å². The fourth-order valence-electron chi connectivity index (χ4n) is 2.77. The van der Waals surface area contributed by atoms with Crippen LogP contribution in [0.2, 0.25) is 0 Å². The van der Waals surface area contributed by atoms with Gasteiger partial charge in [0.25, 0.3) is 0 Å². The summed E-state index contributed by atoms with van der Waals surface area (Å²) in [7, 11) is 1.80. The van der Waals surface area contributed by atoms with Crippen molar-refractivity contribution < 1.29 is 14.7 Å². The molecule has 4 heteroatoms. The minimum atomic E-state index is -0.781. The molecule has 0 radical (unpaired) electrons. The molecule has 104 valence electrons. The number of carbonyl (C=O) groups excluding carboxylic acids is 1. The summed E-state index contributed by atoms with van der Waals surface area (Å²) in [5, 5.41) is 9.07. The number of carboxylic acid groups (broad SMARTS) is 1. The largest absolute Gasteiger partial charge is 0.481 e. The Morgan fingerprint density at radius 3 is 2.17 bits per heavy atom. The predicted molar refractivity (Wildman–Crippen MR) is 70.3 cm³/mol. The molecule has 1 N–H and O–H groups in total. The van der Waals surface area contributed by atoms with Gasteiger partial charge in [-0.15, -0.1) is 0 Å². The number of nitrogens with zero attached hydrogens (tertiary/aromatic N) is 1. The molecule has 0 unspecified atom stereocenters. The number of carboxylic acids is 1. The minimum Gasteiger partial charge on any atom is -0.481 e. The summed E-state index contributed by atoms with van der Waals surface area (Å²) < 4.78 is 0. The molecule has 0 aromatic rings. The van der Waals surface area contributed by atoms with Gasteiger partial charge in [0.1, 0.15) is 0 Å². The topological polar surface area (TPSA) is 57.6 Å². The number of amides is 1. The van der Waals surface area contributed by atoms with Crippen LogP contribution in [0, 0.1) is 5.41 Å². The summed E-state index contributed by atoms with van der Waals surface area (Å²) in [5.41, 5.74) is -0.301. The van der Waals surface area contributed by atoms with Crippen LogP contribution in [-0.2, 0) is 9.59 Å². The maximum atomic E-state index is 12.2. The average molecular weight is 255 g/mol. The van der Waals surface area contributed by atoms with Crippen LogP contribution in [-0.4, -0.2) is 35.0 Å². The van der Waals surface area contributed by atoms with Crippen LogP contribution < -0.4 is 0 Å². The molecular formula is C14H25NO3. The van der Waals surface area contributed by atoms with Gasteiger partial charge in [0, 0.05) is 19.5 Å². The number of carbonyl (C=O) groups is 2. The lowest BCUT2D eigenvalue weighted by Crippen LogP contribution is -2.39. The molecule has 0 aromatic heterocycles. The van der Waals surface area contributed by atoms with Gasteiger partial charge in [0.15, 0.2) is 0 Å². The zero-order valence-electron chi connectivity index (χ0n) is 11.7. The molecule has 0 atom stereocenters. The predicted octanol–water partition coefficient (Wildman–Crippen LogP) is 2.67. The van der Waals surface area contributed by atoms with E-state index in [4.69, 9.17) is 5.11 Å². The van der Waals surface area contributed by atoms with E-state index in [9.17, 15) is 9.59 Å². The molecule has 1 saturated carbocycles. The molecular weight excluding hydrogens is 230 g/mol. The molecule has 1 aliphatic rings. The summed E-state index contributed by atoms with van der Waals surface area (Å²) in [6, 6.07) is 0.169. The van der Waals surface area contributed by atoms with Crippen LogP contribution >= 0.6 is 0 Å². The summed E-state index contributed by atoms with van der Waals surface area (Å²) in [6.45, 7) is 3.95. The molecule has 0 saturated heterocycles. The summed E-state index contributed by atoms with van der Waals surface area (Å²) >= 11 is 0. The first-order valence-electron chi connectivity index (χ1n) is 6.84. The normalized spacial score (nSPS) is 18.7. The molecule has 1 rings (SSSR count). The van der Waals surface area contributed by atoms with Crippen molar-refractivity contribution in [3.05, 3.63) is 0 Å². The molecule has 0 aliphatic heterocycles. The van der Waals surface area contributed by atoms with Crippen molar-refractivity contribution in [1.29, 1.82) is 0 Å². The highest BCUT2D eigenvalue weighted by Crippen LogP contribution is 2.42. The van der Waals surface area contributed by atoms with E-state index in [1.165, 1.54) is 0 Å². The van der Waals surface area contributed by atoms with E-state index in [1.807, 2.05) is 13.8 Å². The Kier molecular flexibility index (Phi) is 5.17. The zero-order valence-corrected chi connectivity index (χ0v) is 11.7. The van der Waals surface area contributed by atoms with Gasteiger partial charge in [-0.25, -0.2) is 0 Å². The van der Waals surface area contributed by atoms with Gasteiger partial charge in [-0.2, -0.15) is 0 Å². The molecule has 1 amide bonds. The maximum absolute atomic E-state index is 12.2. The van der Waals surface area contributed by atoms with Crippen molar-refractivity contribution in [2.24, 2.45) is 5.41 Å². The lowest BCUT2D eigenvalue weighted by Gasteiger charge is -2.37. The number of aliphatic carboxylic acids is 1. The second kappa shape index (κ2) is 6.21. The number of hydrogen-bond acceptors (Lipinski definition) is 2. The van der Waals surface area contributed by atoms with E-state index in [0.717, 1.165) is 32.1 Å². The Bertz CT molecular complexity index is 306.